The quantitative estimate of drug-likeness (QED) is 0.907. The number of ether oxygens (including phenoxy) is 1. The van der Waals surface area contributed by atoms with Gasteiger partial charge in [-0.2, -0.15) is 0 Å². The van der Waals surface area contributed by atoms with Crippen LogP contribution >= 0.6 is 0 Å². The van der Waals surface area contributed by atoms with Crippen molar-refractivity contribution in [3.63, 3.8) is 0 Å². The van der Waals surface area contributed by atoms with E-state index in [4.69, 9.17) is 9.84 Å². The predicted octanol–water partition coefficient (Wildman–Crippen LogP) is 1.37. The van der Waals surface area contributed by atoms with Crippen LogP contribution in [-0.4, -0.2) is 35.7 Å². The first-order chi connectivity index (χ1) is 9.38. The molecule has 0 fully saturated rings. The fraction of sp³-hybridized carbons (Fsp3) is 0.0833. The van der Waals surface area contributed by atoms with Crippen LogP contribution in [-0.2, 0) is 9.84 Å². The number of carboxylic acids is 1. The van der Waals surface area contributed by atoms with Gasteiger partial charge in [0.1, 0.15) is 17.0 Å². The number of carboxylic acid groups (broad SMARTS) is 1. The lowest BCUT2D eigenvalue weighted by atomic mass is 10.2. The molecule has 104 valence electrons. The number of hydrogen-bond donors (Lipinski definition) is 1. The molecule has 0 spiro atoms. The molecule has 2 rings (SSSR count). The molecule has 7 nitrogen and oxygen atoms in total. The summed E-state index contributed by atoms with van der Waals surface area (Å²) in [5, 5.41) is 8.90. The molecular formula is C12H10N2O5S. The molecule has 0 radical (unpaired) electrons. The number of aromatic carboxylic acids is 1. The lowest BCUT2D eigenvalue weighted by Gasteiger charge is -2.09. The summed E-state index contributed by atoms with van der Waals surface area (Å²) in [5.41, 5.74) is -0.138. The minimum Gasteiger partial charge on any atom is -0.478 e. The van der Waals surface area contributed by atoms with Gasteiger partial charge in [-0.1, -0.05) is 0 Å². The average molecular weight is 294 g/mol. The van der Waals surface area contributed by atoms with E-state index in [1.807, 2.05) is 0 Å². The van der Waals surface area contributed by atoms with Crippen molar-refractivity contribution in [1.29, 1.82) is 0 Å². The first-order valence-corrected chi connectivity index (χ1v) is 7.28. The van der Waals surface area contributed by atoms with Crippen LogP contribution in [0.5, 0.6) is 11.6 Å². The number of hydrogen-bond acceptors (Lipinski definition) is 6. The van der Waals surface area contributed by atoms with Gasteiger partial charge in [-0.05, 0) is 18.2 Å². The zero-order valence-corrected chi connectivity index (χ0v) is 11.2. The zero-order valence-electron chi connectivity index (χ0n) is 10.3. The molecule has 1 aromatic carbocycles. The largest absolute Gasteiger partial charge is 0.478 e. The Balaban J connectivity index is 2.50. The fourth-order valence-electron chi connectivity index (χ4n) is 1.47. The van der Waals surface area contributed by atoms with Gasteiger partial charge in [0.2, 0.25) is 5.88 Å². The third-order valence-corrected chi connectivity index (χ3v) is 3.48. The monoisotopic (exact) mass is 294 g/mol. The highest BCUT2D eigenvalue weighted by molar-refractivity contribution is 7.90. The molecular weight excluding hydrogens is 284 g/mol. The van der Waals surface area contributed by atoms with Crippen LogP contribution in [0.4, 0.5) is 0 Å². The van der Waals surface area contributed by atoms with Crippen molar-refractivity contribution in [2.45, 2.75) is 4.90 Å². The molecule has 8 heteroatoms. The maximum absolute atomic E-state index is 11.7. The van der Waals surface area contributed by atoms with Crippen LogP contribution in [0.3, 0.4) is 0 Å². The van der Waals surface area contributed by atoms with E-state index in [1.165, 1.54) is 30.7 Å². The van der Waals surface area contributed by atoms with E-state index in [9.17, 15) is 13.2 Å². The summed E-state index contributed by atoms with van der Waals surface area (Å²) in [6.07, 6.45) is 3.66. The van der Waals surface area contributed by atoms with Crippen LogP contribution in [0.2, 0.25) is 0 Å². The lowest BCUT2D eigenvalue weighted by Crippen LogP contribution is -2.04. The summed E-state index contributed by atoms with van der Waals surface area (Å²) in [6.45, 7) is 0. The molecule has 0 aliphatic heterocycles. The van der Waals surface area contributed by atoms with Gasteiger partial charge in [-0.3, -0.25) is 0 Å². The Kier molecular flexibility index (Phi) is 3.66. The Labute approximate surface area is 114 Å². The van der Waals surface area contributed by atoms with Crippen molar-refractivity contribution in [2.24, 2.45) is 0 Å². The lowest BCUT2D eigenvalue weighted by molar-refractivity contribution is 0.0696. The van der Waals surface area contributed by atoms with Crippen LogP contribution < -0.4 is 4.74 Å². The van der Waals surface area contributed by atoms with E-state index in [0.717, 1.165) is 12.3 Å². The Hall–Kier alpha value is -2.48. The van der Waals surface area contributed by atoms with E-state index in [0.29, 0.717) is 0 Å². The topological polar surface area (TPSA) is 106 Å². The molecule has 0 aliphatic rings. The molecule has 0 amide bonds. The Bertz CT molecular complexity index is 744. The van der Waals surface area contributed by atoms with Crippen molar-refractivity contribution in [3.8, 4) is 11.6 Å². The summed E-state index contributed by atoms with van der Waals surface area (Å²) in [7, 11) is -3.64. The van der Waals surface area contributed by atoms with Gasteiger partial charge in [0.15, 0.2) is 9.84 Å². The molecule has 1 aromatic heterocycles. The molecule has 0 bridgehead atoms. The van der Waals surface area contributed by atoms with E-state index in [1.54, 1.807) is 0 Å². The number of sulfone groups is 1. The van der Waals surface area contributed by atoms with Crippen molar-refractivity contribution in [1.82, 2.24) is 9.97 Å². The minimum absolute atomic E-state index is 0.0104. The fourth-order valence-corrected chi connectivity index (χ4v) is 2.28. The third kappa shape index (κ3) is 3.09. The van der Waals surface area contributed by atoms with Crippen LogP contribution in [0.15, 0.2) is 41.7 Å². The SMILES string of the molecule is CS(=O)(=O)c1cc(C(=O)O)ccc1Oc1ccncn1. The van der Waals surface area contributed by atoms with Gasteiger partial charge in [-0.15, -0.1) is 0 Å². The molecule has 0 saturated heterocycles. The molecule has 0 unspecified atom stereocenters. The molecule has 1 heterocycles. The first kappa shape index (κ1) is 13.9. The molecule has 20 heavy (non-hydrogen) atoms. The molecule has 0 atom stereocenters. The van der Waals surface area contributed by atoms with Gasteiger partial charge in [0.25, 0.3) is 0 Å². The second-order valence-electron chi connectivity index (χ2n) is 3.89. The number of aromatic nitrogens is 2. The van der Waals surface area contributed by atoms with E-state index >= 15 is 0 Å². The van der Waals surface area contributed by atoms with Crippen LogP contribution in [0, 0.1) is 0 Å². The molecule has 1 N–H and O–H groups in total. The summed E-state index contributed by atoms with van der Waals surface area (Å²) in [4.78, 5) is 18.2. The molecule has 0 saturated carbocycles. The normalized spacial score (nSPS) is 11.1. The summed E-state index contributed by atoms with van der Waals surface area (Å²) in [6, 6.07) is 5.04. The number of benzene rings is 1. The maximum atomic E-state index is 11.7. The van der Waals surface area contributed by atoms with E-state index in [2.05, 4.69) is 9.97 Å². The maximum Gasteiger partial charge on any atom is 0.335 e. The zero-order chi connectivity index (χ0) is 14.8. The summed E-state index contributed by atoms with van der Waals surface area (Å²) < 4.78 is 28.8. The summed E-state index contributed by atoms with van der Waals surface area (Å²) >= 11 is 0. The molecule has 2 aromatic rings. The predicted molar refractivity (Wildman–Crippen MR) is 68.6 cm³/mol. The van der Waals surface area contributed by atoms with E-state index in [-0.39, 0.29) is 22.1 Å². The van der Waals surface area contributed by atoms with Gasteiger partial charge < -0.3 is 9.84 Å². The van der Waals surface area contributed by atoms with Gasteiger partial charge in [-0.25, -0.2) is 23.2 Å². The smallest absolute Gasteiger partial charge is 0.335 e. The van der Waals surface area contributed by atoms with Crippen molar-refractivity contribution in [3.05, 3.63) is 42.4 Å². The first-order valence-electron chi connectivity index (χ1n) is 5.39. The summed E-state index contributed by atoms with van der Waals surface area (Å²) in [5.74, 6) is -1.05. The minimum atomic E-state index is -3.64. The third-order valence-electron chi connectivity index (χ3n) is 2.36. The highest BCUT2D eigenvalue weighted by atomic mass is 32.2. The second-order valence-corrected chi connectivity index (χ2v) is 5.87. The highest BCUT2D eigenvalue weighted by Crippen LogP contribution is 2.28. The number of carbonyl (C=O) groups is 1. The Morgan fingerprint density at radius 1 is 1.30 bits per heavy atom. The Morgan fingerprint density at radius 3 is 2.60 bits per heavy atom. The van der Waals surface area contributed by atoms with Gasteiger partial charge in [0, 0.05) is 18.5 Å². The van der Waals surface area contributed by atoms with Crippen molar-refractivity contribution < 1.29 is 23.1 Å². The standard InChI is InChI=1S/C12H10N2O5S/c1-20(17,18)10-6-8(12(15)16)2-3-9(10)19-11-4-5-13-7-14-11/h2-7H,1H3,(H,15,16). The number of nitrogens with zero attached hydrogens (tertiary/aromatic N) is 2. The average Bonchev–Trinajstić information content (AvgIpc) is 2.39. The Morgan fingerprint density at radius 2 is 2.05 bits per heavy atom. The number of rotatable bonds is 4. The van der Waals surface area contributed by atoms with Crippen molar-refractivity contribution in [2.75, 3.05) is 6.26 Å². The van der Waals surface area contributed by atoms with Crippen molar-refractivity contribution >= 4 is 15.8 Å². The molecule has 0 aliphatic carbocycles. The highest BCUT2D eigenvalue weighted by Gasteiger charge is 2.18. The van der Waals surface area contributed by atoms with E-state index < -0.39 is 15.8 Å². The van der Waals surface area contributed by atoms with Crippen LogP contribution in [0.1, 0.15) is 10.4 Å². The van der Waals surface area contributed by atoms with Crippen LogP contribution in [0.25, 0.3) is 0 Å². The van der Waals surface area contributed by atoms with Gasteiger partial charge >= 0.3 is 5.97 Å². The van der Waals surface area contributed by atoms with Gasteiger partial charge in [0.05, 0.1) is 5.56 Å². The second kappa shape index (κ2) is 5.25.